The van der Waals surface area contributed by atoms with Crippen molar-refractivity contribution in [2.45, 2.75) is 51.9 Å². The number of carbonyl (C=O) groups excluding carboxylic acids is 3. The average molecular weight is 600 g/mol. The van der Waals surface area contributed by atoms with Gasteiger partial charge in [-0.2, -0.15) is 22.9 Å². The summed E-state index contributed by atoms with van der Waals surface area (Å²) >= 11 is 5.99. The highest BCUT2D eigenvalue weighted by Crippen LogP contribution is 2.44. The number of hydrogen-bond acceptors (Lipinski definition) is 5. The van der Waals surface area contributed by atoms with Gasteiger partial charge in [-0.1, -0.05) is 32.4 Å². The smallest absolute Gasteiger partial charge is 0.329 e. The zero-order chi connectivity index (χ0) is 30.1. The molecule has 1 aromatic heterocycles. The number of urea groups is 1. The molecule has 9 nitrogen and oxygen atoms in total. The van der Waals surface area contributed by atoms with Crippen LogP contribution in [-0.4, -0.2) is 67.7 Å². The first-order valence-electron chi connectivity index (χ1n) is 13.1. The van der Waals surface area contributed by atoms with E-state index in [0.29, 0.717) is 25.3 Å². The lowest BCUT2D eigenvalue weighted by Gasteiger charge is -2.49. The minimum Gasteiger partial charge on any atom is -0.329 e. The molecule has 5 heterocycles. The van der Waals surface area contributed by atoms with E-state index in [9.17, 15) is 31.9 Å². The number of benzene rings is 1. The fourth-order valence-corrected chi connectivity index (χ4v) is 6.11. The van der Waals surface area contributed by atoms with Gasteiger partial charge in [0.25, 0.3) is 11.6 Å². The molecule has 41 heavy (non-hydrogen) atoms. The van der Waals surface area contributed by atoms with E-state index in [1.54, 1.807) is 31.7 Å². The van der Waals surface area contributed by atoms with Crippen LogP contribution in [0.5, 0.6) is 0 Å². The van der Waals surface area contributed by atoms with Crippen LogP contribution in [0.15, 0.2) is 30.3 Å². The van der Waals surface area contributed by atoms with Crippen molar-refractivity contribution in [1.29, 1.82) is 0 Å². The minimum absolute atomic E-state index is 0.0733. The normalized spacial score (nSPS) is 24.1. The lowest BCUT2D eigenvalue weighted by Crippen LogP contribution is -2.65. The van der Waals surface area contributed by atoms with Gasteiger partial charge in [0.15, 0.2) is 0 Å². The number of hydroxylamine groups is 2. The van der Waals surface area contributed by atoms with Gasteiger partial charge >= 0.3 is 24.0 Å². The molecule has 3 unspecified atom stereocenters. The number of pyridine rings is 1. The Kier molecular flexibility index (Phi) is 6.97. The maximum Gasteiger partial charge on any atom is 0.529 e. The topological polar surface area (TPSA) is 84.3 Å². The maximum atomic E-state index is 14.4. The first kappa shape index (κ1) is 29.1. The molecule has 1 N–H and O–H groups in total. The Hall–Kier alpha value is -3.45. The van der Waals surface area contributed by atoms with Crippen LogP contribution in [0.1, 0.15) is 44.0 Å². The third kappa shape index (κ3) is 5.09. The molecule has 3 fully saturated rings. The lowest BCUT2D eigenvalue weighted by atomic mass is 9.90. The Balaban J connectivity index is 1.45. The standard InChI is InChI=1S/C27H29ClF4N5O4/c1-26(2,3)14-37(41-24(39)27(30,31)32)20-9-10-21(33-22(20)34(4)25(37)40)35-12-17-7-6-16(35)13-36(17)23(38)18-11-15(28)5-8-19(18)29/h5,8-11,16-17H,6-7,12-14H2,1-4H3/q+1/p+1. The first-order chi connectivity index (χ1) is 19.0. The number of quaternary nitrogens is 1. The Bertz CT molecular complexity index is 1430. The molecular formula is C27H30ClF4N5O4+2. The van der Waals surface area contributed by atoms with Gasteiger partial charge in [0.1, 0.15) is 12.4 Å². The number of hydrogen-bond donors (Lipinski definition) is 0. The van der Waals surface area contributed by atoms with Crippen LogP contribution < -0.4 is 19.4 Å². The number of aromatic nitrogens is 1. The largest absolute Gasteiger partial charge is 0.529 e. The fraction of sp³-hybridized carbons (Fsp3) is 0.481. The molecule has 2 bridgehead atoms. The monoisotopic (exact) mass is 599 g/mol. The number of aromatic amines is 1. The van der Waals surface area contributed by atoms with E-state index >= 15 is 0 Å². The van der Waals surface area contributed by atoms with Crippen LogP contribution >= 0.6 is 11.6 Å². The van der Waals surface area contributed by atoms with E-state index in [1.807, 2.05) is 4.90 Å². The van der Waals surface area contributed by atoms with Crippen molar-refractivity contribution in [3.8, 4) is 0 Å². The SMILES string of the molecule is CN1C(=O)[N+](CC(C)(C)C)(OC(=O)C(F)(F)F)c2ccc(N3CC4CCC3CN4C(=O)c3cc(Cl)ccc3F)[nH+]c21. The fourth-order valence-electron chi connectivity index (χ4n) is 5.94. The van der Waals surface area contributed by atoms with Gasteiger partial charge in [-0.25, -0.2) is 19.0 Å². The number of carbonyl (C=O) groups is 3. The van der Waals surface area contributed by atoms with Crippen molar-refractivity contribution in [1.82, 2.24) is 9.55 Å². The highest BCUT2D eigenvalue weighted by Gasteiger charge is 2.64. The number of rotatable bonds is 4. The van der Waals surface area contributed by atoms with Crippen LogP contribution in [0.3, 0.4) is 0 Å². The van der Waals surface area contributed by atoms with Gasteiger partial charge in [0, 0.05) is 27.2 Å². The quantitative estimate of drug-likeness (QED) is 0.375. The van der Waals surface area contributed by atoms with Gasteiger partial charge < -0.3 is 4.90 Å². The van der Waals surface area contributed by atoms with Crippen molar-refractivity contribution in [3.05, 3.63) is 46.7 Å². The summed E-state index contributed by atoms with van der Waals surface area (Å²) in [6.45, 7) is 5.68. The predicted octanol–water partition coefficient (Wildman–Crippen LogP) is 4.73. The van der Waals surface area contributed by atoms with Gasteiger partial charge in [-0.05, 0) is 31.0 Å². The summed E-state index contributed by atoms with van der Waals surface area (Å²) in [7, 11) is 1.40. The Morgan fingerprint density at radius 1 is 1.10 bits per heavy atom. The number of H-pyrrole nitrogens is 1. The van der Waals surface area contributed by atoms with E-state index < -0.39 is 40.0 Å². The zero-order valence-corrected chi connectivity index (χ0v) is 23.6. The molecule has 0 saturated carbocycles. The maximum absolute atomic E-state index is 14.4. The molecule has 1 aromatic carbocycles. The van der Waals surface area contributed by atoms with Crippen LogP contribution in [0.25, 0.3) is 0 Å². The third-order valence-corrected chi connectivity index (χ3v) is 7.87. The second-order valence-corrected chi connectivity index (χ2v) is 12.3. The molecule has 0 aliphatic carbocycles. The molecular weight excluding hydrogens is 570 g/mol. The van der Waals surface area contributed by atoms with Gasteiger partial charge in [0.2, 0.25) is 5.82 Å². The predicted molar refractivity (Wildman–Crippen MR) is 142 cm³/mol. The van der Waals surface area contributed by atoms with Crippen molar-refractivity contribution in [2.24, 2.45) is 5.41 Å². The summed E-state index contributed by atoms with van der Waals surface area (Å²) in [6.07, 6.45) is -3.84. The molecule has 4 aliphatic heterocycles. The molecule has 3 amide bonds. The Morgan fingerprint density at radius 2 is 1.78 bits per heavy atom. The molecule has 14 heteroatoms. The number of anilines is 2. The highest BCUT2D eigenvalue weighted by atomic mass is 35.5. The molecule has 220 valence electrons. The number of alkyl halides is 3. The molecule has 0 spiro atoms. The van der Waals surface area contributed by atoms with E-state index in [2.05, 4.69) is 4.98 Å². The Labute approximate surface area is 238 Å². The van der Waals surface area contributed by atoms with E-state index in [-0.39, 0.29) is 40.7 Å². The number of piperidine rings is 2. The van der Waals surface area contributed by atoms with E-state index in [4.69, 9.17) is 16.4 Å². The number of fused-ring (bicyclic) bond motifs is 4. The third-order valence-electron chi connectivity index (χ3n) is 7.63. The van der Waals surface area contributed by atoms with Crippen LogP contribution in [0.2, 0.25) is 5.02 Å². The summed E-state index contributed by atoms with van der Waals surface area (Å²) in [5, 5.41) is 0.256. The summed E-state index contributed by atoms with van der Waals surface area (Å²) in [4.78, 5) is 51.6. The Morgan fingerprint density at radius 3 is 2.39 bits per heavy atom. The second kappa shape index (κ2) is 9.83. The lowest BCUT2D eigenvalue weighted by molar-refractivity contribution is -0.349. The van der Waals surface area contributed by atoms with E-state index in [1.165, 1.54) is 25.2 Å². The van der Waals surface area contributed by atoms with Crippen LogP contribution in [0, 0.1) is 11.2 Å². The molecule has 6 rings (SSSR count). The molecule has 0 radical (unpaired) electrons. The minimum atomic E-state index is -5.29. The number of nitrogens with zero attached hydrogens (tertiary/aromatic N) is 4. The van der Waals surface area contributed by atoms with Crippen molar-refractivity contribution in [3.63, 3.8) is 0 Å². The van der Waals surface area contributed by atoms with Gasteiger partial charge in [-0.3, -0.25) is 9.69 Å². The summed E-state index contributed by atoms with van der Waals surface area (Å²) in [6, 6.07) is 5.76. The van der Waals surface area contributed by atoms with Crippen molar-refractivity contribution < 1.29 is 41.8 Å². The molecule has 2 aromatic rings. The highest BCUT2D eigenvalue weighted by molar-refractivity contribution is 6.31. The summed E-state index contributed by atoms with van der Waals surface area (Å²) in [5.74, 6) is -2.78. The van der Waals surface area contributed by atoms with Gasteiger partial charge in [0.05, 0.1) is 37.8 Å². The van der Waals surface area contributed by atoms with Crippen LogP contribution in [0.4, 0.5) is 39.7 Å². The van der Waals surface area contributed by atoms with Crippen LogP contribution in [-0.2, 0) is 9.63 Å². The van der Waals surface area contributed by atoms with Crippen molar-refractivity contribution >= 4 is 46.8 Å². The number of nitrogens with one attached hydrogen (secondary N) is 1. The van der Waals surface area contributed by atoms with Gasteiger partial charge in [-0.15, -0.1) is 0 Å². The zero-order valence-electron chi connectivity index (χ0n) is 22.9. The molecule has 3 atom stereocenters. The molecule has 3 saturated heterocycles. The first-order valence-corrected chi connectivity index (χ1v) is 13.5. The van der Waals surface area contributed by atoms with E-state index in [0.717, 1.165) is 17.4 Å². The number of amides is 3. The average Bonchev–Trinajstić information content (AvgIpc) is 3.09. The number of halogens is 5. The molecule has 4 aliphatic rings. The van der Waals surface area contributed by atoms with Crippen molar-refractivity contribution in [2.75, 3.05) is 36.5 Å². The summed E-state index contributed by atoms with van der Waals surface area (Å²) < 4.78 is 52.9. The number of piperazine rings is 1. The summed E-state index contributed by atoms with van der Waals surface area (Å²) in [5.41, 5.74) is -0.723. The second-order valence-electron chi connectivity index (χ2n) is 11.9.